The van der Waals surface area contributed by atoms with Crippen LogP contribution < -0.4 is 10.2 Å². The zero-order valence-corrected chi connectivity index (χ0v) is 14.9. The van der Waals surface area contributed by atoms with Crippen LogP contribution in [0.4, 0.5) is 17.5 Å². The first-order valence-electron chi connectivity index (χ1n) is 8.40. The first-order valence-corrected chi connectivity index (χ1v) is 8.40. The molecule has 0 spiro atoms. The van der Waals surface area contributed by atoms with E-state index in [-0.39, 0.29) is 0 Å². The molecule has 0 aliphatic heterocycles. The van der Waals surface area contributed by atoms with E-state index in [1.54, 1.807) is 0 Å². The average Bonchev–Trinajstić information content (AvgIpc) is 2.62. The van der Waals surface area contributed by atoms with Crippen molar-refractivity contribution in [2.45, 2.75) is 20.3 Å². The lowest BCUT2D eigenvalue weighted by Gasteiger charge is -2.19. The number of nitrogens with zero attached hydrogens (tertiary/aromatic N) is 4. The van der Waals surface area contributed by atoms with Gasteiger partial charge in [-0.15, -0.1) is 0 Å². The molecule has 3 aromatic rings. The average molecular weight is 333 g/mol. The van der Waals surface area contributed by atoms with Gasteiger partial charge >= 0.3 is 0 Å². The molecule has 0 saturated heterocycles. The highest BCUT2D eigenvalue weighted by Crippen LogP contribution is 2.20. The maximum absolute atomic E-state index is 4.67. The van der Waals surface area contributed by atoms with Gasteiger partial charge in [0.15, 0.2) is 0 Å². The Morgan fingerprint density at radius 1 is 1.00 bits per heavy atom. The molecule has 2 heterocycles. The summed E-state index contributed by atoms with van der Waals surface area (Å²) < 4.78 is 0. The second-order valence-electron chi connectivity index (χ2n) is 6.16. The van der Waals surface area contributed by atoms with Crippen molar-refractivity contribution in [2.24, 2.45) is 0 Å². The first kappa shape index (κ1) is 16.9. The molecule has 5 nitrogen and oxygen atoms in total. The number of aryl methyl sites for hydroxylation is 2. The Bertz CT molecular complexity index is 832. The van der Waals surface area contributed by atoms with Crippen molar-refractivity contribution in [1.29, 1.82) is 0 Å². The summed E-state index contributed by atoms with van der Waals surface area (Å²) in [7, 11) is 2.06. The van der Waals surface area contributed by atoms with Gasteiger partial charge in [0.25, 0.3) is 0 Å². The number of nitrogens with one attached hydrogen (secondary N) is 1. The predicted octanol–water partition coefficient (Wildman–Crippen LogP) is 3.91. The van der Waals surface area contributed by atoms with Gasteiger partial charge in [0.1, 0.15) is 5.82 Å². The Morgan fingerprint density at radius 3 is 2.52 bits per heavy atom. The Morgan fingerprint density at radius 2 is 1.76 bits per heavy atom. The van der Waals surface area contributed by atoms with Crippen LogP contribution in [0.15, 0.2) is 54.9 Å². The fourth-order valence-corrected chi connectivity index (χ4v) is 2.60. The molecule has 0 amide bonds. The van der Waals surface area contributed by atoms with Crippen LogP contribution in [0.2, 0.25) is 0 Å². The van der Waals surface area contributed by atoms with Gasteiger partial charge in [0, 0.05) is 43.4 Å². The minimum absolute atomic E-state index is 0.625. The van der Waals surface area contributed by atoms with Crippen LogP contribution in [0.3, 0.4) is 0 Å². The van der Waals surface area contributed by atoms with E-state index < -0.39 is 0 Å². The molecular formula is C20H23N5. The third-order valence-electron chi connectivity index (χ3n) is 4.11. The van der Waals surface area contributed by atoms with Gasteiger partial charge in [-0.3, -0.25) is 4.98 Å². The van der Waals surface area contributed by atoms with Crippen molar-refractivity contribution in [3.05, 3.63) is 71.7 Å². The number of rotatable bonds is 6. The van der Waals surface area contributed by atoms with Crippen molar-refractivity contribution in [1.82, 2.24) is 15.0 Å². The fourth-order valence-electron chi connectivity index (χ4n) is 2.60. The van der Waals surface area contributed by atoms with Gasteiger partial charge in [0.05, 0.1) is 0 Å². The van der Waals surface area contributed by atoms with Crippen LogP contribution >= 0.6 is 0 Å². The SMILES string of the molecule is Cc1cc(N(C)CCc2ccncc2)nc(Nc2ccccc2C)n1. The van der Waals surface area contributed by atoms with Gasteiger partial charge in [-0.2, -0.15) is 4.98 Å². The van der Waals surface area contributed by atoms with Crippen LogP contribution in [0.1, 0.15) is 16.8 Å². The minimum atomic E-state index is 0.625. The number of likely N-dealkylation sites (N-methyl/N-ethyl adjacent to an activating group) is 1. The molecule has 3 rings (SSSR count). The molecule has 1 N–H and O–H groups in total. The number of hydrogen-bond acceptors (Lipinski definition) is 5. The fraction of sp³-hybridized carbons (Fsp3) is 0.250. The Hall–Kier alpha value is -2.95. The highest BCUT2D eigenvalue weighted by molar-refractivity contribution is 5.59. The maximum Gasteiger partial charge on any atom is 0.229 e. The molecule has 1 aromatic carbocycles. The van der Waals surface area contributed by atoms with Gasteiger partial charge in [-0.05, 0) is 49.6 Å². The molecule has 0 unspecified atom stereocenters. The van der Waals surface area contributed by atoms with E-state index in [2.05, 4.69) is 45.2 Å². The molecule has 0 bridgehead atoms. The monoisotopic (exact) mass is 333 g/mol. The number of anilines is 3. The summed E-state index contributed by atoms with van der Waals surface area (Å²) >= 11 is 0. The quantitative estimate of drug-likeness (QED) is 0.741. The summed E-state index contributed by atoms with van der Waals surface area (Å²) in [5.74, 6) is 1.54. The third kappa shape index (κ3) is 4.53. The number of para-hydroxylation sites is 1. The predicted molar refractivity (Wildman–Crippen MR) is 102 cm³/mol. The highest BCUT2D eigenvalue weighted by atomic mass is 15.2. The molecule has 0 aliphatic carbocycles. The van der Waals surface area contributed by atoms with Gasteiger partial charge in [0.2, 0.25) is 5.95 Å². The molecule has 0 radical (unpaired) electrons. The molecule has 5 heteroatoms. The first-order chi connectivity index (χ1) is 12.1. The lowest BCUT2D eigenvalue weighted by atomic mass is 10.2. The van der Waals surface area contributed by atoms with E-state index in [0.717, 1.165) is 30.2 Å². The second kappa shape index (κ2) is 7.75. The van der Waals surface area contributed by atoms with Crippen LogP contribution in [-0.4, -0.2) is 28.5 Å². The summed E-state index contributed by atoms with van der Waals surface area (Å²) in [6.07, 6.45) is 4.60. The third-order valence-corrected chi connectivity index (χ3v) is 4.11. The molecular weight excluding hydrogens is 310 g/mol. The molecule has 128 valence electrons. The molecule has 2 aromatic heterocycles. The van der Waals surface area contributed by atoms with Crippen LogP contribution in [-0.2, 0) is 6.42 Å². The van der Waals surface area contributed by atoms with Crippen LogP contribution in [0, 0.1) is 13.8 Å². The largest absolute Gasteiger partial charge is 0.359 e. The summed E-state index contributed by atoms with van der Waals surface area (Å²) in [5, 5.41) is 3.32. The molecule has 0 saturated carbocycles. The lowest BCUT2D eigenvalue weighted by molar-refractivity contribution is 0.853. The topological polar surface area (TPSA) is 53.9 Å². The normalized spacial score (nSPS) is 10.5. The summed E-state index contributed by atoms with van der Waals surface area (Å²) in [6, 6.07) is 14.2. The zero-order valence-electron chi connectivity index (χ0n) is 14.9. The van der Waals surface area contributed by atoms with Crippen molar-refractivity contribution >= 4 is 17.5 Å². The zero-order chi connectivity index (χ0) is 17.6. The van der Waals surface area contributed by atoms with Crippen molar-refractivity contribution in [3.8, 4) is 0 Å². The smallest absolute Gasteiger partial charge is 0.229 e. The number of aromatic nitrogens is 3. The van der Waals surface area contributed by atoms with E-state index in [9.17, 15) is 0 Å². The highest BCUT2D eigenvalue weighted by Gasteiger charge is 2.08. The van der Waals surface area contributed by atoms with E-state index in [4.69, 9.17) is 0 Å². The number of pyridine rings is 1. The number of benzene rings is 1. The van der Waals surface area contributed by atoms with E-state index >= 15 is 0 Å². The molecule has 0 fully saturated rings. The summed E-state index contributed by atoms with van der Waals surface area (Å²) in [6.45, 7) is 4.94. The Labute approximate surface area is 148 Å². The standard InChI is InChI=1S/C20H23N5/c1-15-6-4-5-7-18(15)23-20-22-16(2)14-19(24-20)25(3)13-10-17-8-11-21-12-9-17/h4-9,11-12,14H,10,13H2,1-3H3,(H,22,23,24). The van der Waals surface area contributed by atoms with E-state index in [0.29, 0.717) is 5.95 Å². The Balaban J connectivity index is 1.73. The van der Waals surface area contributed by atoms with Crippen molar-refractivity contribution in [3.63, 3.8) is 0 Å². The van der Waals surface area contributed by atoms with E-state index in [1.807, 2.05) is 55.7 Å². The van der Waals surface area contributed by atoms with Crippen molar-refractivity contribution < 1.29 is 0 Å². The molecule has 0 aliphatic rings. The Kier molecular flexibility index (Phi) is 5.23. The van der Waals surface area contributed by atoms with Gasteiger partial charge < -0.3 is 10.2 Å². The maximum atomic E-state index is 4.67. The summed E-state index contributed by atoms with van der Waals surface area (Å²) in [4.78, 5) is 15.4. The minimum Gasteiger partial charge on any atom is -0.359 e. The molecule has 25 heavy (non-hydrogen) atoms. The van der Waals surface area contributed by atoms with Crippen molar-refractivity contribution in [2.75, 3.05) is 23.8 Å². The van der Waals surface area contributed by atoms with Crippen LogP contribution in [0.25, 0.3) is 0 Å². The molecule has 0 atom stereocenters. The lowest BCUT2D eigenvalue weighted by Crippen LogP contribution is -2.22. The van der Waals surface area contributed by atoms with E-state index in [1.165, 1.54) is 11.1 Å². The number of hydrogen-bond donors (Lipinski definition) is 1. The van der Waals surface area contributed by atoms with Gasteiger partial charge in [-0.1, -0.05) is 18.2 Å². The van der Waals surface area contributed by atoms with Gasteiger partial charge in [-0.25, -0.2) is 4.98 Å². The van der Waals surface area contributed by atoms with Crippen LogP contribution in [0.5, 0.6) is 0 Å². The summed E-state index contributed by atoms with van der Waals surface area (Å²) in [5.41, 5.74) is 4.40. The second-order valence-corrected chi connectivity index (χ2v) is 6.16.